The van der Waals surface area contributed by atoms with E-state index in [1.807, 2.05) is 6.07 Å². The summed E-state index contributed by atoms with van der Waals surface area (Å²) in [4.78, 5) is 4.33. The second-order valence-corrected chi connectivity index (χ2v) is 5.88. The standard InChI is InChI=1S/C17H18ClFN2O/c18-14-4-3-13(16(19)10-14)11-22-17-15(2-1-7-21-17)12-5-8-20-9-6-12/h1-4,7,10,12,20H,5-6,8-9,11H2. The van der Waals surface area contributed by atoms with Crippen molar-refractivity contribution in [3.8, 4) is 5.88 Å². The molecule has 116 valence electrons. The third-order valence-electron chi connectivity index (χ3n) is 3.96. The van der Waals surface area contributed by atoms with Gasteiger partial charge >= 0.3 is 0 Å². The third kappa shape index (κ3) is 3.57. The monoisotopic (exact) mass is 320 g/mol. The number of hydrogen-bond acceptors (Lipinski definition) is 3. The van der Waals surface area contributed by atoms with Crippen molar-refractivity contribution in [2.24, 2.45) is 0 Å². The Labute approximate surface area is 134 Å². The molecule has 1 aromatic heterocycles. The van der Waals surface area contributed by atoms with Crippen LogP contribution in [0.5, 0.6) is 5.88 Å². The Morgan fingerprint density at radius 2 is 2.09 bits per heavy atom. The zero-order valence-corrected chi connectivity index (χ0v) is 12.9. The van der Waals surface area contributed by atoms with Gasteiger partial charge in [-0.25, -0.2) is 9.37 Å². The molecule has 0 radical (unpaired) electrons. The Balaban J connectivity index is 1.74. The van der Waals surface area contributed by atoms with Gasteiger partial charge in [0.1, 0.15) is 12.4 Å². The van der Waals surface area contributed by atoms with Crippen LogP contribution in [0, 0.1) is 5.82 Å². The van der Waals surface area contributed by atoms with Crippen LogP contribution in [-0.4, -0.2) is 18.1 Å². The number of aromatic nitrogens is 1. The predicted octanol–water partition coefficient (Wildman–Crippen LogP) is 3.92. The molecule has 3 nitrogen and oxygen atoms in total. The Hall–Kier alpha value is -1.65. The van der Waals surface area contributed by atoms with Crippen molar-refractivity contribution in [2.45, 2.75) is 25.4 Å². The summed E-state index contributed by atoms with van der Waals surface area (Å²) in [5.74, 6) is 0.690. The van der Waals surface area contributed by atoms with Gasteiger partial charge in [-0.15, -0.1) is 0 Å². The molecule has 0 unspecified atom stereocenters. The third-order valence-corrected chi connectivity index (χ3v) is 4.19. The van der Waals surface area contributed by atoms with Gasteiger partial charge in [0.05, 0.1) is 0 Å². The van der Waals surface area contributed by atoms with Gasteiger partial charge in [0.15, 0.2) is 0 Å². The molecule has 1 N–H and O–H groups in total. The van der Waals surface area contributed by atoms with Crippen LogP contribution in [0.3, 0.4) is 0 Å². The molecule has 5 heteroatoms. The molecule has 22 heavy (non-hydrogen) atoms. The van der Waals surface area contributed by atoms with E-state index < -0.39 is 0 Å². The molecule has 0 amide bonds. The molecule has 0 aliphatic carbocycles. The summed E-state index contributed by atoms with van der Waals surface area (Å²) in [6.07, 6.45) is 3.84. The maximum atomic E-state index is 13.8. The number of rotatable bonds is 4. The SMILES string of the molecule is Fc1cc(Cl)ccc1COc1ncccc1C1CCNCC1. The first-order valence-corrected chi connectivity index (χ1v) is 7.84. The summed E-state index contributed by atoms with van der Waals surface area (Å²) < 4.78 is 19.6. The van der Waals surface area contributed by atoms with Crippen LogP contribution in [-0.2, 0) is 6.61 Å². The molecule has 1 aliphatic heterocycles. The molecule has 2 heterocycles. The normalized spacial score (nSPS) is 15.7. The number of hydrogen-bond donors (Lipinski definition) is 1. The van der Waals surface area contributed by atoms with Gasteiger partial charge in [-0.1, -0.05) is 23.7 Å². The predicted molar refractivity (Wildman–Crippen MR) is 84.8 cm³/mol. The van der Waals surface area contributed by atoms with Crippen LogP contribution in [0.15, 0.2) is 36.5 Å². The largest absolute Gasteiger partial charge is 0.472 e. The summed E-state index contributed by atoms with van der Waals surface area (Å²) >= 11 is 5.76. The fraction of sp³-hybridized carbons (Fsp3) is 0.353. The zero-order chi connectivity index (χ0) is 15.4. The second kappa shape index (κ2) is 7.07. The Bertz CT molecular complexity index is 644. The lowest BCUT2D eigenvalue weighted by Crippen LogP contribution is -2.27. The molecule has 2 aromatic rings. The first-order chi connectivity index (χ1) is 10.7. The number of nitrogens with zero attached hydrogens (tertiary/aromatic N) is 1. The second-order valence-electron chi connectivity index (χ2n) is 5.45. The van der Waals surface area contributed by atoms with E-state index in [1.165, 1.54) is 6.07 Å². The molecule has 1 saturated heterocycles. The van der Waals surface area contributed by atoms with Crippen molar-refractivity contribution in [1.29, 1.82) is 0 Å². The van der Waals surface area contributed by atoms with Crippen LogP contribution in [0.4, 0.5) is 4.39 Å². The van der Waals surface area contributed by atoms with E-state index in [0.717, 1.165) is 31.5 Å². The molecule has 0 bridgehead atoms. The zero-order valence-electron chi connectivity index (χ0n) is 12.2. The number of halogens is 2. The molecule has 0 atom stereocenters. The highest BCUT2D eigenvalue weighted by molar-refractivity contribution is 6.30. The highest BCUT2D eigenvalue weighted by atomic mass is 35.5. The lowest BCUT2D eigenvalue weighted by molar-refractivity contribution is 0.280. The van der Waals surface area contributed by atoms with E-state index >= 15 is 0 Å². The van der Waals surface area contributed by atoms with Gasteiger partial charge in [0.2, 0.25) is 5.88 Å². The van der Waals surface area contributed by atoms with Crippen molar-refractivity contribution in [3.05, 3.63) is 58.5 Å². The van der Waals surface area contributed by atoms with Crippen molar-refractivity contribution in [2.75, 3.05) is 13.1 Å². The average molecular weight is 321 g/mol. The lowest BCUT2D eigenvalue weighted by Gasteiger charge is -2.24. The van der Waals surface area contributed by atoms with Crippen LogP contribution >= 0.6 is 11.6 Å². The van der Waals surface area contributed by atoms with E-state index in [4.69, 9.17) is 16.3 Å². The van der Waals surface area contributed by atoms with E-state index in [-0.39, 0.29) is 12.4 Å². The van der Waals surface area contributed by atoms with Crippen LogP contribution in [0.2, 0.25) is 5.02 Å². The number of nitrogens with one attached hydrogen (secondary N) is 1. The van der Waals surface area contributed by atoms with Gasteiger partial charge in [0.25, 0.3) is 0 Å². The Morgan fingerprint density at radius 3 is 2.86 bits per heavy atom. The Morgan fingerprint density at radius 1 is 1.27 bits per heavy atom. The van der Waals surface area contributed by atoms with Crippen LogP contribution < -0.4 is 10.1 Å². The first-order valence-electron chi connectivity index (χ1n) is 7.46. The molecule has 0 spiro atoms. The molecule has 1 aromatic carbocycles. The van der Waals surface area contributed by atoms with Crippen LogP contribution in [0.25, 0.3) is 0 Å². The van der Waals surface area contributed by atoms with Crippen molar-refractivity contribution in [1.82, 2.24) is 10.3 Å². The smallest absolute Gasteiger partial charge is 0.217 e. The van der Waals surface area contributed by atoms with Crippen molar-refractivity contribution < 1.29 is 9.13 Å². The molecule has 1 fully saturated rings. The van der Waals surface area contributed by atoms with Gasteiger partial charge < -0.3 is 10.1 Å². The number of piperidine rings is 1. The molecule has 3 rings (SSSR count). The summed E-state index contributed by atoms with van der Waals surface area (Å²) in [7, 11) is 0. The summed E-state index contributed by atoms with van der Waals surface area (Å²) in [6.45, 7) is 2.16. The van der Waals surface area contributed by atoms with Crippen molar-refractivity contribution >= 4 is 11.6 Å². The molecular formula is C17H18ClFN2O. The van der Waals surface area contributed by atoms with Crippen molar-refractivity contribution in [3.63, 3.8) is 0 Å². The van der Waals surface area contributed by atoms with E-state index in [1.54, 1.807) is 18.3 Å². The highest BCUT2D eigenvalue weighted by Crippen LogP contribution is 2.31. The number of ether oxygens (including phenoxy) is 1. The minimum atomic E-state index is -0.355. The fourth-order valence-electron chi connectivity index (χ4n) is 2.75. The lowest BCUT2D eigenvalue weighted by atomic mass is 9.91. The minimum absolute atomic E-state index is 0.151. The first kappa shape index (κ1) is 15.3. The maximum absolute atomic E-state index is 13.8. The fourth-order valence-corrected chi connectivity index (χ4v) is 2.91. The molecule has 0 saturated carbocycles. The maximum Gasteiger partial charge on any atom is 0.217 e. The van der Waals surface area contributed by atoms with Crippen LogP contribution in [0.1, 0.15) is 29.9 Å². The number of pyridine rings is 1. The summed E-state index contributed by atoms with van der Waals surface area (Å²) in [5.41, 5.74) is 1.59. The minimum Gasteiger partial charge on any atom is -0.472 e. The number of benzene rings is 1. The van der Waals surface area contributed by atoms with Gasteiger partial charge in [-0.3, -0.25) is 0 Å². The van der Waals surface area contributed by atoms with E-state index in [0.29, 0.717) is 22.4 Å². The Kier molecular flexibility index (Phi) is 4.90. The van der Waals surface area contributed by atoms with E-state index in [9.17, 15) is 4.39 Å². The average Bonchev–Trinajstić information content (AvgIpc) is 2.55. The molecule has 1 aliphatic rings. The highest BCUT2D eigenvalue weighted by Gasteiger charge is 2.19. The topological polar surface area (TPSA) is 34.1 Å². The van der Waals surface area contributed by atoms with Gasteiger partial charge in [0, 0.05) is 22.3 Å². The summed E-state index contributed by atoms with van der Waals surface area (Å²) in [5, 5.41) is 3.74. The quantitative estimate of drug-likeness (QED) is 0.927. The van der Waals surface area contributed by atoms with E-state index in [2.05, 4.69) is 16.4 Å². The molecular weight excluding hydrogens is 303 g/mol. The van der Waals surface area contributed by atoms with Gasteiger partial charge in [-0.05, 0) is 50.0 Å². The summed E-state index contributed by atoms with van der Waals surface area (Å²) in [6, 6.07) is 8.58. The van der Waals surface area contributed by atoms with Gasteiger partial charge in [-0.2, -0.15) is 0 Å².